The van der Waals surface area contributed by atoms with Crippen molar-refractivity contribution in [3.8, 4) is 0 Å². The van der Waals surface area contributed by atoms with Crippen molar-refractivity contribution in [3.05, 3.63) is 23.6 Å². The summed E-state index contributed by atoms with van der Waals surface area (Å²) in [6.07, 6.45) is 5.98. The van der Waals surface area contributed by atoms with Gasteiger partial charge in [-0.15, -0.1) is 0 Å². The van der Waals surface area contributed by atoms with Crippen molar-refractivity contribution < 1.29 is 18.7 Å². The van der Waals surface area contributed by atoms with E-state index in [1.807, 2.05) is 6.92 Å². The topological polar surface area (TPSA) is 46.7 Å². The van der Waals surface area contributed by atoms with E-state index >= 15 is 0 Å². The first-order valence-corrected chi connectivity index (χ1v) is 9.54. The number of carbonyl (C=O) groups excluding carboxylic acids is 2. The van der Waals surface area contributed by atoms with Crippen LogP contribution in [0, 0.1) is 28.6 Å². The molecule has 4 aliphatic carbocycles. The zero-order chi connectivity index (χ0) is 17.8. The molecule has 4 fully saturated rings. The minimum absolute atomic E-state index is 0.0236. The second-order valence-electron chi connectivity index (χ2n) is 9.30. The second kappa shape index (κ2) is 4.51. The van der Waals surface area contributed by atoms with E-state index in [1.165, 1.54) is 0 Å². The largest absolute Gasteiger partial charge is 0.352 e. The molecule has 0 aromatic carbocycles. The fourth-order valence-corrected chi connectivity index (χ4v) is 7.27. The molecule has 7 atom stereocenters. The SMILES string of the molecule is CC1=CC(=O)C2OC23C(=CF)C[C@H]2[C@@H]4CCC(=O)[C@@]4(C)CC[C@@H]2[C@@]13C. The van der Waals surface area contributed by atoms with Crippen molar-refractivity contribution in [1.82, 2.24) is 0 Å². The normalized spacial score (nSPS) is 55.2. The van der Waals surface area contributed by atoms with E-state index in [0.29, 0.717) is 48.3 Å². The molecular weight excluding hydrogens is 319 g/mol. The number of ketones is 2. The Morgan fingerprint density at radius 3 is 2.72 bits per heavy atom. The highest BCUT2D eigenvalue weighted by Crippen LogP contribution is 2.73. The first-order chi connectivity index (χ1) is 11.8. The van der Waals surface area contributed by atoms with Gasteiger partial charge in [0.25, 0.3) is 0 Å². The van der Waals surface area contributed by atoms with Crippen molar-refractivity contribution >= 4 is 11.6 Å². The average Bonchev–Trinajstić information content (AvgIpc) is 3.26. The highest BCUT2D eigenvalue weighted by molar-refractivity contribution is 6.00. The van der Waals surface area contributed by atoms with Crippen LogP contribution in [0.2, 0.25) is 0 Å². The molecule has 1 heterocycles. The summed E-state index contributed by atoms with van der Waals surface area (Å²) in [5, 5.41) is 0. The van der Waals surface area contributed by atoms with Gasteiger partial charge in [-0.2, -0.15) is 0 Å². The molecule has 1 saturated heterocycles. The monoisotopic (exact) mass is 344 g/mol. The van der Waals surface area contributed by atoms with Gasteiger partial charge < -0.3 is 4.74 Å². The molecule has 5 rings (SSSR count). The molecule has 0 N–H and O–H groups in total. The van der Waals surface area contributed by atoms with Crippen LogP contribution in [0.3, 0.4) is 0 Å². The van der Waals surface area contributed by atoms with Crippen molar-refractivity contribution in [2.45, 2.75) is 64.6 Å². The third-order valence-corrected chi connectivity index (χ3v) is 8.78. The number of Topliss-reactive ketones (excluding diaryl/α,β-unsaturated/α-hetero) is 1. The zero-order valence-electron chi connectivity index (χ0n) is 15.1. The lowest BCUT2D eigenvalue weighted by atomic mass is 9.43. The van der Waals surface area contributed by atoms with Crippen LogP contribution in [-0.2, 0) is 14.3 Å². The summed E-state index contributed by atoms with van der Waals surface area (Å²) in [7, 11) is 0. The number of ether oxygens (including phenoxy) is 1. The molecule has 1 aliphatic heterocycles. The summed E-state index contributed by atoms with van der Waals surface area (Å²) in [6.45, 7) is 6.30. The Bertz CT molecular complexity index is 767. The van der Waals surface area contributed by atoms with E-state index in [2.05, 4.69) is 13.8 Å². The van der Waals surface area contributed by atoms with E-state index < -0.39 is 11.7 Å². The summed E-state index contributed by atoms with van der Waals surface area (Å²) < 4.78 is 20.0. The highest BCUT2D eigenvalue weighted by Gasteiger charge is 2.78. The summed E-state index contributed by atoms with van der Waals surface area (Å²) in [4.78, 5) is 24.9. The highest BCUT2D eigenvalue weighted by atomic mass is 19.1. The molecule has 0 bridgehead atoms. The predicted molar refractivity (Wildman–Crippen MR) is 90.3 cm³/mol. The summed E-state index contributed by atoms with van der Waals surface area (Å²) in [6, 6.07) is 0. The standard InChI is InChI=1S/C21H25FO3/c1-11-8-16(23)18-21(25-18)12(10-22)9-13-14-4-5-17(24)19(14,2)7-6-15(13)20(11,21)3/h8,10,13-15,18H,4-7,9H2,1-3H3/t13-,14-,15-,18?,19-,20+,21?/m0/s1. The molecule has 25 heavy (non-hydrogen) atoms. The summed E-state index contributed by atoms with van der Waals surface area (Å²) >= 11 is 0. The third kappa shape index (κ3) is 1.53. The lowest BCUT2D eigenvalue weighted by molar-refractivity contribution is -0.133. The maximum absolute atomic E-state index is 14.0. The first kappa shape index (κ1) is 15.9. The number of rotatable bonds is 0. The van der Waals surface area contributed by atoms with Crippen LogP contribution in [0.5, 0.6) is 0 Å². The Morgan fingerprint density at radius 2 is 2.00 bits per heavy atom. The van der Waals surface area contributed by atoms with Gasteiger partial charge in [0, 0.05) is 17.3 Å². The number of hydrogen-bond acceptors (Lipinski definition) is 3. The summed E-state index contributed by atoms with van der Waals surface area (Å²) in [5.74, 6) is 1.33. The van der Waals surface area contributed by atoms with Crippen LogP contribution in [0.15, 0.2) is 23.6 Å². The van der Waals surface area contributed by atoms with Gasteiger partial charge in [-0.1, -0.05) is 19.4 Å². The van der Waals surface area contributed by atoms with Gasteiger partial charge in [-0.05, 0) is 62.0 Å². The molecule has 0 aromatic rings. The van der Waals surface area contributed by atoms with E-state index in [-0.39, 0.29) is 16.6 Å². The second-order valence-corrected chi connectivity index (χ2v) is 9.30. The molecule has 3 saturated carbocycles. The Balaban J connectivity index is 1.66. The van der Waals surface area contributed by atoms with Crippen molar-refractivity contribution in [1.29, 1.82) is 0 Å². The molecule has 1 spiro atoms. The number of carbonyl (C=O) groups is 2. The molecule has 0 radical (unpaired) electrons. The molecule has 134 valence electrons. The van der Waals surface area contributed by atoms with E-state index in [1.54, 1.807) is 6.08 Å². The number of halogens is 1. The predicted octanol–water partition coefficient (Wildman–Crippen LogP) is 3.93. The van der Waals surface area contributed by atoms with Gasteiger partial charge in [-0.3, -0.25) is 9.59 Å². The van der Waals surface area contributed by atoms with Crippen molar-refractivity contribution in [2.24, 2.45) is 28.6 Å². The van der Waals surface area contributed by atoms with Gasteiger partial charge in [-0.25, -0.2) is 4.39 Å². The molecular formula is C21H25FO3. The van der Waals surface area contributed by atoms with Gasteiger partial charge in [0.15, 0.2) is 11.9 Å². The average molecular weight is 344 g/mol. The Morgan fingerprint density at radius 1 is 1.24 bits per heavy atom. The number of hydrogen-bond donors (Lipinski definition) is 0. The molecule has 2 unspecified atom stereocenters. The van der Waals surface area contributed by atoms with Crippen LogP contribution < -0.4 is 0 Å². The van der Waals surface area contributed by atoms with Gasteiger partial charge >= 0.3 is 0 Å². The van der Waals surface area contributed by atoms with Crippen molar-refractivity contribution in [2.75, 3.05) is 0 Å². The Kier molecular flexibility index (Phi) is 2.87. The minimum atomic E-state index is -0.769. The molecule has 4 heteroatoms. The van der Waals surface area contributed by atoms with Gasteiger partial charge in [0.2, 0.25) is 0 Å². The minimum Gasteiger partial charge on any atom is -0.352 e. The van der Waals surface area contributed by atoms with E-state index in [9.17, 15) is 14.0 Å². The fourth-order valence-electron chi connectivity index (χ4n) is 7.27. The quantitative estimate of drug-likeness (QED) is 0.626. The molecule has 0 aromatic heterocycles. The smallest absolute Gasteiger partial charge is 0.187 e. The summed E-state index contributed by atoms with van der Waals surface area (Å²) in [5.41, 5.74) is 0.308. The van der Waals surface area contributed by atoms with Crippen LogP contribution in [0.4, 0.5) is 4.39 Å². The lowest BCUT2D eigenvalue weighted by Crippen LogP contribution is -2.59. The molecule has 3 nitrogen and oxygen atoms in total. The maximum Gasteiger partial charge on any atom is 0.187 e. The van der Waals surface area contributed by atoms with Crippen LogP contribution in [0.25, 0.3) is 0 Å². The van der Waals surface area contributed by atoms with Crippen LogP contribution in [-0.4, -0.2) is 23.3 Å². The molecule has 5 aliphatic rings. The molecule has 0 amide bonds. The zero-order valence-corrected chi connectivity index (χ0v) is 15.1. The van der Waals surface area contributed by atoms with E-state index in [0.717, 1.165) is 24.8 Å². The van der Waals surface area contributed by atoms with Crippen LogP contribution >= 0.6 is 0 Å². The maximum atomic E-state index is 14.0. The van der Waals surface area contributed by atoms with Gasteiger partial charge in [0.05, 0.1) is 6.33 Å². The van der Waals surface area contributed by atoms with Gasteiger partial charge in [0.1, 0.15) is 11.4 Å². The third-order valence-electron chi connectivity index (χ3n) is 8.78. The van der Waals surface area contributed by atoms with Crippen LogP contribution in [0.1, 0.15) is 52.9 Å². The first-order valence-electron chi connectivity index (χ1n) is 9.54. The van der Waals surface area contributed by atoms with E-state index in [4.69, 9.17) is 4.74 Å². The lowest BCUT2D eigenvalue weighted by Gasteiger charge is -2.58. The Hall–Kier alpha value is -1.29. The fraction of sp³-hybridized carbons (Fsp3) is 0.714. The number of fused-ring (bicyclic) bond motifs is 4. The number of epoxide rings is 1. The van der Waals surface area contributed by atoms with Crippen molar-refractivity contribution in [3.63, 3.8) is 0 Å². The Labute approximate surface area is 147 Å².